The number of carbonyl (C=O) groups is 1. The van der Waals surface area contributed by atoms with Crippen molar-refractivity contribution < 1.29 is 9.32 Å². The Kier molecular flexibility index (Phi) is 6.48. The summed E-state index contributed by atoms with van der Waals surface area (Å²) in [7, 11) is 0. The Morgan fingerprint density at radius 2 is 2.12 bits per heavy atom. The fourth-order valence-electron chi connectivity index (χ4n) is 2.59. The number of amides is 1. The van der Waals surface area contributed by atoms with Crippen molar-refractivity contribution in [1.82, 2.24) is 15.5 Å². The topological polar surface area (TPSA) is 94.0 Å². The molecule has 136 valence electrons. The molecule has 0 aliphatic heterocycles. The molecule has 1 amide bonds. The molecule has 1 saturated carbocycles. The number of hydrogen-bond donors (Lipinski definition) is 2. The number of rotatable bonds is 6. The maximum Gasteiger partial charge on any atom is 0.259 e. The summed E-state index contributed by atoms with van der Waals surface area (Å²) in [4.78, 5) is 17.3. The van der Waals surface area contributed by atoms with E-state index in [9.17, 15) is 4.79 Å². The summed E-state index contributed by atoms with van der Waals surface area (Å²) in [6.07, 6.45) is 2.87. The van der Waals surface area contributed by atoms with Crippen LogP contribution in [0.15, 0.2) is 33.7 Å². The highest BCUT2D eigenvalue weighted by Gasteiger charge is 2.39. The van der Waals surface area contributed by atoms with Crippen molar-refractivity contribution in [2.75, 3.05) is 5.75 Å². The molecule has 2 aromatic rings. The van der Waals surface area contributed by atoms with Gasteiger partial charge in [-0.2, -0.15) is 4.98 Å². The molecule has 1 aromatic heterocycles. The van der Waals surface area contributed by atoms with Gasteiger partial charge in [0.15, 0.2) is 5.82 Å². The lowest BCUT2D eigenvalue weighted by atomic mass is 9.77. The molecule has 1 aromatic carbocycles. The van der Waals surface area contributed by atoms with Gasteiger partial charge in [-0.25, -0.2) is 0 Å². The Labute approximate surface area is 157 Å². The summed E-state index contributed by atoms with van der Waals surface area (Å²) in [5, 5.41) is 6.95. The Bertz CT molecular complexity index is 731. The van der Waals surface area contributed by atoms with Crippen molar-refractivity contribution in [3.8, 4) is 11.5 Å². The number of nitrogens with zero attached hydrogens (tertiary/aromatic N) is 2. The summed E-state index contributed by atoms with van der Waals surface area (Å²) in [6, 6.07) is 7.85. The Hall–Kier alpha value is -1.57. The predicted molar refractivity (Wildman–Crippen MR) is 101 cm³/mol. The maximum atomic E-state index is 11.9. The quantitative estimate of drug-likeness (QED) is 0.745. The number of halogens is 1. The summed E-state index contributed by atoms with van der Waals surface area (Å²) >= 11 is 1.46. The van der Waals surface area contributed by atoms with Crippen molar-refractivity contribution in [1.29, 1.82) is 0 Å². The molecule has 0 spiro atoms. The second-order valence-electron chi connectivity index (χ2n) is 6.44. The highest BCUT2D eigenvalue weighted by molar-refractivity contribution is 8.00. The van der Waals surface area contributed by atoms with Crippen LogP contribution in [0.5, 0.6) is 0 Å². The second kappa shape index (κ2) is 8.21. The van der Waals surface area contributed by atoms with Crippen molar-refractivity contribution in [3.63, 3.8) is 0 Å². The molecule has 1 heterocycles. The van der Waals surface area contributed by atoms with Crippen LogP contribution in [0.4, 0.5) is 0 Å². The monoisotopic (exact) mass is 382 g/mol. The van der Waals surface area contributed by atoms with Gasteiger partial charge in [0.25, 0.3) is 5.89 Å². The minimum Gasteiger partial charge on any atom is -0.353 e. The van der Waals surface area contributed by atoms with Crippen LogP contribution < -0.4 is 11.1 Å². The smallest absolute Gasteiger partial charge is 0.259 e. The molecule has 0 atom stereocenters. The summed E-state index contributed by atoms with van der Waals surface area (Å²) in [5.74, 6) is 1.37. The maximum absolute atomic E-state index is 11.9. The molecule has 3 rings (SSSR count). The van der Waals surface area contributed by atoms with E-state index in [2.05, 4.69) is 15.5 Å². The number of hydrogen-bond acceptors (Lipinski definition) is 6. The molecule has 0 unspecified atom stereocenters. The normalized spacial score (nSPS) is 15.4. The van der Waals surface area contributed by atoms with E-state index in [0.717, 1.165) is 29.7 Å². The lowest BCUT2D eigenvalue weighted by molar-refractivity contribution is -0.119. The summed E-state index contributed by atoms with van der Waals surface area (Å²) < 4.78 is 5.43. The zero-order chi connectivity index (χ0) is 17.2. The van der Waals surface area contributed by atoms with E-state index in [4.69, 9.17) is 10.3 Å². The minimum atomic E-state index is -0.443. The molecule has 0 bridgehead atoms. The molecule has 3 N–H and O–H groups in total. The van der Waals surface area contributed by atoms with Crippen LogP contribution in [0.2, 0.25) is 0 Å². The van der Waals surface area contributed by atoms with E-state index in [1.54, 1.807) is 0 Å². The van der Waals surface area contributed by atoms with E-state index in [1.807, 2.05) is 38.1 Å². The number of carbonyl (C=O) groups excluding carboxylic acids is 1. The van der Waals surface area contributed by atoms with Gasteiger partial charge in [0.05, 0.1) is 16.9 Å². The van der Waals surface area contributed by atoms with Crippen LogP contribution in [0.1, 0.15) is 38.9 Å². The molecule has 0 radical (unpaired) electrons. The largest absolute Gasteiger partial charge is 0.353 e. The first kappa shape index (κ1) is 19.8. The number of nitrogens with two attached hydrogens (primary N) is 1. The van der Waals surface area contributed by atoms with Gasteiger partial charge >= 0.3 is 0 Å². The lowest BCUT2D eigenvalue weighted by Gasteiger charge is -2.34. The minimum absolute atomic E-state index is 0. The first-order chi connectivity index (χ1) is 11.5. The lowest BCUT2D eigenvalue weighted by Crippen LogP contribution is -2.44. The van der Waals surface area contributed by atoms with Gasteiger partial charge in [-0.1, -0.05) is 17.3 Å². The van der Waals surface area contributed by atoms with Gasteiger partial charge < -0.3 is 15.6 Å². The van der Waals surface area contributed by atoms with E-state index in [-0.39, 0.29) is 24.4 Å². The Balaban J connectivity index is 0.00000225. The van der Waals surface area contributed by atoms with E-state index < -0.39 is 5.54 Å². The average Bonchev–Trinajstić information content (AvgIpc) is 3.00. The molecule has 8 heteroatoms. The predicted octanol–water partition coefficient (Wildman–Crippen LogP) is 3.11. The molecule has 1 fully saturated rings. The van der Waals surface area contributed by atoms with Crippen LogP contribution >= 0.6 is 24.2 Å². The van der Waals surface area contributed by atoms with Crippen molar-refractivity contribution >= 4 is 30.1 Å². The highest BCUT2D eigenvalue weighted by atomic mass is 35.5. The average molecular weight is 383 g/mol. The second-order valence-corrected chi connectivity index (χ2v) is 7.46. The van der Waals surface area contributed by atoms with Crippen LogP contribution in [0.25, 0.3) is 11.5 Å². The molecular formula is C17H23ClN4O2S. The molecule has 6 nitrogen and oxygen atoms in total. The van der Waals surface area contributed by atoms with E-state index in [0.29, 0.717) is 17.5 Å². The zero-order valence-corrected chi connectivity index (χ0v) is 16.0. The van der Waals surface area contributed by atoms with Gasteiger partial charge in [0.1, 0.15) is 0 Å². The molecular weight excluding hydrogens is 360 g/mol. The highest BCUT2D eigenvalue weighted by Crippen LogP contribution is 2.38. The Morgan fingerprint density at radius 3 is 2.76 bits per heavy atom. The first-order valence-corrected chi connectivity index (χ1v) is 9.11. The van der Waals surface area contributed by atoms with Crippen LogP contribution in [0, 0.1) is 0 Å². The van der Waals surface area contributed by atoms with Gasteiger partial charge in [-0.05, 0) is 45.2 Å². The fourth-order valence-corrected chi connectivity index (χ4v) is 3.45. The standard InChI is InChI=1S/C17H22N4O2S.ClH/c1-11(2)19-14(22)10-24-13-7-4-3-6-12(13)15-20-16(21-23-15)17(18)8-5-9-17;/h3-4,6-7,11H,5,8-10,18H2,1-2H3,(H,19,22);1H. The van der Waals surface area contributed by atoms with Crippen molar-refractivity contribution in [2.24, 2.45) is 5.73 Å². The zero-order valence-electron chi connectivity index (χ0n) is 14.3. The molecule has 0 saturated heterocycles. The van der Waals surface area contributed by atoms with Gasteiger partial charge in [-0.3, -0.25) is 4.79 Å². The van der Waals surface area contributed by atoms with Crippen LogP contribution in [-0.4, -0.2) is 27.8 Å². The Morgan fingerprint density at radius 1 is 1.40 bits per heavy atom. The van der Waals surface area contributed by atoms with Crippen molar-refractivity contribution in [2.45, 2.75) is 49.6 Å². The SMILES string of the molecule is CC(C)NC(=O)CSc1ccccc1-c1nc(C2(N)CCC2)no1.Cl. The third kappa shape index (κ3) is 4.54. The van der Waals surface area contributed by atoms with E-state index >= 15 is 0 Å². The number of benzene rings is 1. The van der Waals surface area contributed by atoms with Crippen LogP contribution in [-0.2, 0) is 10.3 Å². The summed E-state index contributed by atoms with van der Waals surface area (Å²) in [6.45, 7) is 3.89. The van der Waals surface area contributed by atoms with Gasteiger partial charge in [-0.15, -0.1) is 24.2 Å². The number of aromatic nitrogens is 2. The third-order valence-electron chi connectivity index (χ3n) is 4.04. The molecule has 1 aliphatic rings. The molecule has 1 aliphatic carbocycles. The van der Waals surface area contributed by atoms with Crippen molar-refractivity contribution in [3.05, 3.63) is 30.1 Å². The van der Waals surface area contributed by atoms with Gasteiger partial charge in [0.2, 0.25) is 5.91 Å². The summed E-state index contributed by atoms with van der Waals surface area (Å²) in [5.41, 5.74) is 6.65. The number of nitrogens with one attached hydrogen (secondary N) is 1. The van der Waals surface area contributed by atoms with E-state index in [1.165, 1.54) is 11.8 Å². The molecule has 25 heavy (non-hydrogen) atoms. The van der Waals surface area contributed by atoms with Crippen LogP contribution in [0.3, 0.4) is 0 Å². The first-order valence-electron chi connectivity index (χ1n) is 8.12. The fraction of sp³-hybridized carbons (Fsp3) is 0.471. The third-order valence-corrected chi connectivity index (χ3v) is 5.12. The van der Waals surface area contributed by atoms with Gasteiger partial charge in [0, 0.05) is 10.9 Å². The number of thioether (sulfide) groups is 1.